The molecule has 9 heteroatoms. The van der Waals surface area contributed by atoms with Gasteiger partial charge in [-0.25, -0.2) is 16.8 Å². The standard InChI is InChI=1S/C22H25N3O4S2/c1-17-8-9-20(30(2,26)27)15-21(17)31(28,29)25-13-11-24(12-14-25)16-19-6-3-5-18-7-4-10-23-22(18)19/h3-10,15H,11-14,16H2,1-2H3. The van der Waals surface area contributed by atoms with E-state index in [2.05, 4.69) is 16.0 Å². The lowest BCUT2D eigenvalue weighted by atomic mass is 10.1. The van der Waals surface area contributed by atoms with Crippen molar-refractivity contribution < 1.29 is 16.8 Å². The molecule has 1 aromatic heterocycles. The molecule has 0 bridgehead atoms. The fourth-order valence-corrected chi connectivity index (χ4v) is 6.29. The predicted molar refractivity (Wildman–Crippen MR) is 120 cm³/mol. The second-order valence-corrected chi connectivity index (χ2v) is 11.8. The quantitative estimate of drug-likeness (QED) is 0.582. The van der Waals surface area contributed by atoms with E-state index < -0.39 is 19.9 Å². The zero-order valence-electron chi connectivity index (χ0n) is 17.5. The maximum absolute atomic E-state index is 13.2. The third-order valence-electron chi connectivity index (χ3n) is 5.65. The number of nitrogens with zero attached hydrogens (tertiary/aromatic N) is 3. The SMILES string of the molecule is Cc1ccc(S(C)(=O)=O)cc1S(=O)(=O)N1CCN(Cc2cccc3cccnc23)CC1. The molecule has 0 unspecified atom stereocenters. The minimum absolute atomic E-state index is 0.0127. The van der Waals surface area contributed by atoms with Gasteiger partial charge in [0, 0.05) is 50.6 Å². The lowest BCUT2D eigenvalue weighted by Crippen LogP contribution is -2.48. The van der Waals surface area contributed by atoms with Gasteiger partial charge in [0.1, 0.15) is 0 Å². The molecule has 2 heterocycles. The summed E-state index contributed by atoms with van der Waals surface area (Å²) >= 11 is 0. The van der Waals surface area contributed by atoms with Crippen LogP contribution in [0.1, 0.15) is 11.1 Å². The summed E-state index contributed by atoms with van der Waals surface area (Å²) in [6.07, 6.45) is 2.86. The van der Waals surface area contributed by atoms with E-state index in [4.69, 9.17) is 0 Å². The molecule has 0 amide bonds. The number of sulfonamides is 1. The molecule has 1 saturated heterocycles. The molecule has 3 aromatic rings. The Balaban J connectivity index is 1.51. The minimum Gasteiger partial charge on any atom is -0.296 e. The fourth-order valence-electron chi connectivity index (χ4n) is 3.89. The van der Waals surface area contributed by atoms with Crippen LogP contribution in [0.3, 0.4) is 0 Å². The van der Waals surface area contributed by atoms with Crippen molar-refractivity contribution in [1.29, 1.82) is 0 Å². The number of aryl methyl sites for hydroxylation is 1. The van der Waals surface area contributed by atoms with Crippen molar-refractivity contribution >= 4 is 30.8 Å². The van der Waals surface area contributed by atoms with Crippen LogP contribution in [0.15, 0.2) is 64.5 Å². The number of pyridine rings is 1. The highest BCUT2D eigenvalue weighted by Crippen LogP contribution is 2.25. The van der Waals surface area contributed by atoms with Gasteiger partial charge in [-0.1, -0.05) is 30.3 Å². The molecule has 0 N–H and O–H groups in total. The number of hydrogen-bond donors (Lipinski definition) is 0. The van der Waals surface area contributed by atoms with Gasteiger partial charge < -0.3 is 0 Å². The normalized spacial score (nSPS) is 16.6. The smallest absolute Gasteiger partial charge is 0.243 e. The molecule has 4 rings (SSSR count). The number of aromatic nitrogens is 1. The minimum atomic E-state index is -3.78. The number of benzene rings is 2. The maximum atomic E-state index is 13.2. The first-order chi connectivity index (χ1) is 14.7. The molecule has 0 spiro atoms. The van der Waals surface area contributed by atoms with E-state index in [0.29, 0.717) is 38.3 Å². The molecule has 0 radical (unpaired) electrons. The van der Waals surface area contributed by atoms with Gasteiger partial charge in [0.05, 0.1) is 15.3 Å². The lowest BCUT2D eigenvalue weighted by Gasteiger charge is -2.34. The summed E-state index contributed by atoms with van der Waals surface area (Å²) in [6, 6.07) is 14.3. The number of rotatable bonds is 5. The first-order valence-electron chi connectivity index (χ1n) is 10.0. The van der Waals surface area contributed by atoms with Crippen molar-refractivity contribution in [3.63, 3.8) is 0 Å². The Morgan fingerprint density at radius 3 is 2.35 bits per heavy atom. The van der Waals surface area contributed by atoms with Gasteiger partial charge in [0.15, 0.2) is 9.84 Å². The summed E-state index contributed by atoms with van der Waals surface area (Å²) in [5, 5.41) is 1.09. The molecule has 0 aliphatic carbocycles. The van der Waals surface area contributed by atoms with Crippen molar-refractivity contribution in [2.45, 2.75) is 23.3 Å². The zero-order chi connectivity index (χ0) is 22.2. The van der Waals surface area contributed by atoms with Gasteiger partial charge in [-0.3, -0.25) is 9.88 Å². The molecule has 1 aliphatic rings. The van der Waals surface area contributed by atoms with E-state index in [1.54, 1.807) is 19.2 Å². The molecule has 164 valence electrons. The van der Waals surface area contributed by atoms with Crippen LogP contribution in [0, 0.1) is 6.92 Å². The van der Waals surface area contributed by atoms with Crippen molar-refractivity contribution in [2.75, 3.05) is 32.4 Å². The molecule has 1 fully saturated rings. The second-order valence-electron chi connectivity index (χ2n) is 7.87. The first-order valence-corrected chi connectivity index (χ1v) is 13.4. The van der Waals surface area contributed by atoms with Gasteiger partial charge in [-0.2, -0.15) is 4.31 Å². The van der Waals surface area contributed by atoms with E-state index in [-0.39, 0.29) is 9.79 Å². The van der Waals surface area contributed by atoms with Crippen molar-refractivity contribution in [1.82, 2.24) is 14.2 Å². The van der Waals surface area contributed by atoms with E-state index in [1.165, 1.54) is 16.4 Å². The van der Waals surface area contributed by atoms with Gasteiger partial charge in [-0.05, 0) is 36.2 Å². The van der Waals surface area contributed by atoms with Gasteiger partial charge >= 0.3 is 0 Å². The van der Waals surface area contributed by atoms with Crippen LogP contribution >= 0.6 is 0 Å². The number of sulfone groups is 1. The van der Waals surface area contributed by atoms with Crippen LogP contribution in [0.5, 0.6) is 0 Å². The highest BCUT2D eigenvalue weighted by atomic mass is 32.2. The van der Waals surface area contributed by atoms with Crippen molar-refractivity contribution in [3.05, 3.63) is 65.9 Å². The molecular weight excluding hydrogens is 434 g/mol. The summed E-state index contributed by atoms with van der Waals surface area (Å²) in [5.41, 5.74) is 2.62. The highest BCUT2D eigenvalue weighted by molar-refractivity contribution is 7.91. The fraction of sp³-hybridized carbons (Fsp3) is 0.318. The van der Waals surface area contributed by atoms with Crippen molar-refractivity contribution in [3.8, 4) is 0 Å². The molecule has 2 aromatic carbocycles. The van der Waals surface area contributed by atoms with Gasteiger partial charge in [-0.15, -0.1) is 0 Å². The first kappa shape index (κ1) is 21.9. The van der Waals surface area contributed by atoms with E-state index >= 15 is 0 Å². The highest BCUT2D eigenvalue weighted by Gasteiger charge is 2.30. The number of para-hydroxylation sites is 1. The zero-order valence-corrected chi connectivity index (χ0v) is 19.2. The molecule has 31 heavy (non-hydrogen) atoms. The molecular formula is C22H25N3O4S2. The van der Waals surface area contributed by atoms with E-state index in [9.17, 15) is 16.8 Å². The Labute approximate surface area is 183 Å². The summed E-state index contributed by atoms with van der Waals surface area (Å²) < 4.78 is 51.7. The Morgan fingerprint density at radius 1 is 0.935 bits per heavy atom. The van der Waals surface area contributed by atoms with Crippen LogP contribution in [0.4, 0.5) is 0 Å². The molecule has 0 atom stereocenters. The van der Waals surface area contributed by atoms with Gasteiger partial charge in [0.25, 0.3) is 0 Å². The molecule has 7 nitrogen and oxygen atoms in total. The second kappa shape index (κ2) is 8.31. The number of fused-ring (bicyclic) bond motifs is 1. The van der Waals surface area contributed by atoms with Crippen LogP contribution in [-0.4, -0.2) is 63.5 Å². The number of hydrogen-bond acceptors (Lipinski definition) is 6. The predicted octanol–water partition coefficient (Wildman–Crippen LogP) is 2.45. The summed E-state index contributed by atoms with van der Waals surface area (Å²) in [6.45, 7) is 4.26. The summed E-state index contributed by atoms with van der Waals surface area (Å²) in [5.74, 6) is 0. The van der Waals surface area contributed by atoms with E-state index in [1.807, 2.05) is 24.3 Å². The largest absolute Gasteiger partial charge is 0.296 e. The topological polar surface area (TPSA) is 87.6 Å². The Hall–Kier alpha value is -2.33. The average Bonchev–Trinajstić information content (AvgIpc) is 2.74. The lowest BCUT2D eigenvalue weighted by molar-refractivity contribution is 0.182. The van der Waals surface area contributed by atoms with E-state index in [0.717, 1.165) is 22.7 Å². The molecule has 0 saturated carbocycles. The van der Waals surface area contributed by atoms with Crippen molar-refractivity contribution in [2.24, 2.45) is 0 Å². The summed E-state index contributed by atoms with van der Waals surface area (Å²) in [4.78, 5) is 6.78. The third kappa shape index (κ3) is 4.50. The number of piperazine rings is 1. The summed E-state index contributed by atoms with van der Waals surface area (Å²) in [7, 11) is -7.27. The van der Waals surface area contributed by atoms with Crippen LogP contribution in [0.25, 0.3) is 10.9 Å². The third-order valence-corrected chi connectivity index (χ3v) is 8.80. The van der Waals surface area contributed by atoms with Crippen LogP contribution in [0.2, 0.25) is 0 Å². The Kier molecular flexibility index (Phi) is 5.87. The molecule has 1 aliphatic heterocycles. The van der Waals surface area contributed by atoms with Crippen LogP contribution < -0.4 is 0 Å². The Morgan fingerprint density at radius 2 is 1.65 bits per heavy atom. The maximum Gasteiger partial charge on any atom is 0.243 e. The van der Waals surface area contributed by atoms with Crippen LogP contribution in [-0.2, 0) is 26.4 Å². The van der Waals surface area contributed by atoms with Gasteiger partial charge in [0.2, 0.25) is 10.0 Å². The Bertz CT molecular complexity index is 1320. The average molecular weight is 460 g/mol. The monoisotopic (exact) mass is 459 g/mol.